The van der Waals surface area contributed by atoms with Gasteiger partial charge >= 0.3 is 0 Å². The van der Waals surface area contributed by atoms with Crippen molar-refractivity contribution in [2.24, 2.45) is 22.1 Å². The minimum atomic E-state index is -0.192. The van der Waals surface area contributed by atoms with Crippen LogP contribution in [0, 0.1) is 11.3 Å². The lowest BCUT2D eigenvalue weighted by molar-refractivity contribution is -0.122. The largest absolute Gasteiger partial charge is 0.369 e. The number of carbonyl (C=O) groups is 1. The zero-order chi connectivity index (χ0) is 22.1. The van der Waals surface area contributed by atoms with Gasteiger partial charge in [-0.2, -0.15) is 0 Å². The summed E-state index contributed by atoms with van der Waals surface area (Å²) in [6.45, 7) is 14.1. The summed E-state index contributed by atoms with van der Waals surface area (Å²) in [6, 6.07) is 4.39. The highest BCUT2D eigenvalue weighted by atomic mass is 16.1. The Morgan fingerprint density at radius 2 is 2.07 bits per heavy atom. The molecule has 0 saturated carbocycles. The summed E-state index contributed by atoms with van der Waals surface area (Å²) >= 11 is 0. The maximum atomic E-state index is 11.4. The number of nitrogens with two attached hydrogens (primary N) is 1. The van der Waals surface area contributed by atoms with Gasteiger partial charge in [0, 0.05) is 43.4 Å². The van der Waals surface area contributed by atoms with E-state index in [2.05, 4.69) is 61.2 Å². The van der Waals surface area contributed by atoms with E-state index in [9.17, 15) is 4.79 Å². The van der Waals surface area contributed by atoms with Crippen LogP contribution in [0.3, 0.4) is 0 Å². The van der Waals surface area contributed by atoms with Crippen molar-refractivity contribution in [2.45, 2.75) is 72.9 Å². The number of piperidine rings is 1. The minimum absolute atomic E-state index is 0.0226. The van der Waals surface area contributed by atoms with Crippen molar-refractivity contribution in [2.75, 3.05) is 24.5 Å². The monoisotopic (exact) mass is 416 g/mol. The fourth-order valence-electron chi connectivity index (χ4n) is 3.65. The highest BCUT2D eigenvalue weighted by Gasteiger charge is 2.25. The van der Waals surface area contributed by atoms with Crippen LogP contribution >= 0.6 is 0 Å². The molecule has 0 bridgehead atoms. The zero-order valence-electron chi connectivity index (χ0n) is 19.4. The van der Waals surface area contributed by atoms with Gasteiger partial charge in [0.2, 0.25) is 5.91 Å². The van der Waals surface area contributed by atoms with E-state index >= 15 is 0 Å². The van der Waals surface area contributed by atoms with Gasteiger partial charge in [0.1, 0.15) is 5.82 Å². The molecule has 7 nitrogen and oxygen atoms in total. The van der Waals surface area contributed by atoms with Crippen molar-refractivity contribution in [1.82, 2.24) is 15.6 Å². The van der Waals surface area contributed by atoms with E-state index in [0.29, 0.717) is 18.0 Å². The third-order valence-electron chi connectivity index (χ3n) is 5.53. The van der Waals surface area contributed by atoms with E-state index < -0.39 is 0 Å². The Morgan fingerprint density at radius 1 is 1.37 bits per heavy atom. The molecule has 1 aliphatic rings. The molecule has 168 valence electrons. The summed E-state index contributed by atoms with van der Waals surface area (Å²) in [6.07, 6.45) is 5.64. The van der Waals surface area contributed by atoms with Gasteiger partial charge in [-0.3, -0.25) is 4.79 Å². The number of hydrogen-bond donors (Lipinski definition) is 3. The van der Waals surface area contributed by atoms with E-state index in [4.69, 9.17) is 10.7 Å². The van der Waals surface area contributed by atoms with Gasteiger partial charge in [0.05, 0.1) is 6.54 Å². The Labute approximate surface area is 181 Å². The van der Waals surface area contributed by atoms with Gasteiger partial charge in [-0.05, 0) is 51.0 Å². The van der Waals surface area contributed by atoms with Crippen molar-refractivity contribution < 1.29 is 4.79 Å². The molecule has 1 aromatic rings. The highest BCUT2D eigenvalue weighted by molar-refractivity contribution is 5.80. The van der Waals surface area contributed by atoms with Crippen LogP contribution in [0.5, 0.6) is 0 Å². The normalized spacial score (nSPS) is 17.0. The molecule has 4 N–H and O–H groups in total. The first-order chi connectivity index (χ1) is 14.2. The van der Waals surface area contributed by atoms with Crippen molar-refractivity contribution >= 4 is 17.7 Å². The van der Waals surface area contributed by atoms with E-state index in [1.165, 1.54) is 0 Å². The number of aromatic nitrogens is 1. The Balaban J connectivity index is 2.03. The molecule has 30 heavy (non-hydrogen) atoms. The number of hydrogen-bond acceptors (Lipinski definition) is 4. The summed E-state index contributed by atoms with van der Waals surface area (Å²) in [4.78, 5) is 23.1. The maximum absolute atomic E-state index is 11.4. The third kappa shape index (κ3) is 7.84. The SMILES string of the molecule is CCNC(=NCc1cccnc1N1CCC(C(N)=O)CC1)NC(C)CCC(C)(C)C. The summed E-state index contributed by atoms with van der Waals surface area (Å²) in [5.74, 6) is 1.58. The number of pyridine rings is 1. The van der Waals surface area contributed by atoms with Crippen LogP contribution < -0.4 is 21.3 Å². The van der Waals surface area contributed by atoms with E-state index in [0.717, 1.165) is 62.7 Å². The van der Waals surface area contributed by atoms with Crippen molar-refractivity contribution in [1.29, 1.82) is 0 Å². The zero-order valence-corrected chi connectivity index (χ0v) is 19.4. The summed E-state index contributed by atoms with van der Waals surface area (Å²) < 4.78 is 0. The highest BCUT2D eigenvalue weighted by Crippen LogP contribution is 2.25. The van der Waals surface area contributed by atoms with Crippen molar-refractivity contribution in [3.05, 3.63) is 23.9 Å². The van der Waals surface area contributed by atoms with Gasteiger partial charge in [0.15, 0.2) is 5.96 Å². The number of rotatable bonds is 8. The molecule has 1 saturated heterocycles. The maximum Gasteiger partial charge on any atom is 0.220 e. The van der Waals surface area contributed by atoms with Crippen molar-refractivity contribution in [3.63, 3.8) is 0 Å². The molecule has 1 unspecified atom stereocenters. The predicted molar refractivity (Wildman–Crippen MR) is 124 cm³/mol. The van der Waals surface area contributed by atoms with Crippen LogP contribution in [0.2, 0.25) is 0 Å². The van der Waals surface area contributed by atoms with E-state index in [-0.39, 0.29) is 11.8 Å². The molecular weight excluding hydrogens is 376 g/mol. The molecular formula is C23H40N6O. The second kappa shape index (κ2) is 11.2. The van der Waals surface area contributed by atoms with Gasteiger partial charge in [-0.1, -0.05) is 26.8 Å². The molecule has 1 aliphatic heterocycles. The number of carbonyl (C=O) groups excluding carboxylic acids is 1. The van der Waals surface area contributed by atoms with Gasteiger partial charge in [0.25, 0.3) is 0 Å². The molecule has 7 heteroatoms. The van der Waals surface area contributed by atoms with Gasteiger partial charge < -0.3 is 21.3 Å². The number of aliphatic imine (C=N–C) groups is 1. The smallest absolute Gasteiger partial charge is 0.220 e. The molecule has 1 atom stereocenters. The molecule has 1 aromatic heterocycles. The summed E-state index contributed by atoms with van der Waals surface area (Å²) in [5, 5.41) is 6.88. The summed E-state index contributed by atoms with van der Waals surface area (Å²) in [5.41, 5.74) is 6.89. The second-order valence-corrected chi connectivity index (χ2v) is 9.49. The van der Waals surface area contributed by atoms with Gasteiger partial charge in [-0.25, -0.2) is 9.98 Å². The van der Waals surface area contributed by atoms with Crippen LogP contribution in [0.4, 0.5) is 5.82 Å². The molecule has 0 spiro atoms. The standard InChI is InChI=1S/C23H40N6O/c1-6-25-22(28-17(2)9-12-23(3,4)5)27-16-19-8-7-13-26-21(19)29-14-10-18(11-15-29)20(24)30/h7-8,13,17-18H,6,9-12,14-16H2,1-5H3,(H2,24,30)(H2,25,27,28). The molecule has 2 heterocycles. The van der Waals surface area contributed by atoms with Crippen molar-refractivity contribution in [3.8, 4) is 0 Å². The quantitative estimate of drug-likeness (QED) is 0.447. The molecule has 1 amide bonds. The van der Waals surface area contributed by atoms with Crippen LogP contribution in [-0.4, -0.2) is 42.5 Å². The Morgan fingerprint density at radius 3 is 2.67 bits per heavy atom. The average molecular weight is 417 g/mol. The third-order valence-corrected chi connectivity index (χ3v) is 5.53. The first-order valence-corrected chi connectivity index (χ1v) is 11.2. The number of guanidine groups is 1. The lowest BCUT2D eigenvalue weighted by Gasteiger charge is -2.32. The number of nitrogens with one attached hydrogen (secondary N) is 2. The summed E-state index contributed by atoms with van der Waals surface area (Å²) in [7, 11) is 0. The van der Waals surface area contributed by atoms with E-state index in [1.54, 1.807) is 0 Å². The fourth-order valence-corrected chi connectivity index (χ4v) is 3.65. The molecule has 0 radical (unpaired) electrons. The molecule has 0 aliphatic carbocycles. The number of nitrogens with zero attached hydrogens (tertiary/aromatic N) is 3. The Hall–Kier alpha value is -2.31. The number of anilines is 1. The first kappa shape index (κ1) is 24.0. The average Bonchev–Trinajstić information content (AvgIpc) is 2.70. The number of primary amides is 1. The molecule has 2 rings (SSSR count). The van der Waals surface area contributed by atoms with Crippen LogP contribution in [0.25, 0.3) is 0 Å². The Bertz CT molecular complexity index is 704. The lowest BCUT2D eigenvalue weighted by atomic mass is 9.89. The van der Waals surface area contributed by atoms with Crippen LogP contribution in [-0.2, 0) is 11.3 Å². The second-order valence-electron chi connectivity index (χ2n) is 9.49. The van der Waals surface area contributed by atoms with Crippen LogP contribution in [0.15, 0.2) is 23.3 Å². The minimum Gasteiger partial charge on any atom is -0.369 e. The van der Waals surface area contributed by atoms with E-state index in [1.807, 2.05) is 12.3 Å². The fraction of sp³-hybridized carbons (Fsp3) is 0.696. The van der Waals surface area contributed by atoms with Crippen LogP contribution in [0.1, 0.15) is 65.9 Å². The first-order valence-electron chi connectivity index (χ1n) is 11.2. The Kier molecular flexibility index (Phi) is 8.93. The van der Waals surface area contributed by atoms with Gasteiger partial charge in [-0.15, -0.1) is 0 Å². The molecule has 1 fully saturated rings. The predicted octanol–water partition coefficient (Wildman–Crippen LogP) is 3.05. The molecule has 0 aromatic carbocycles. The number of amides is 1. The topological polar surface area (TPSA) is 95.6 Å². The lowest BCUT2D eigenvalue weighted by Crippen LogP contribution is -2.42.